The summed E-state index contributed by atoms with van der Waals surface area (Å²) in [7, 11) is 0. The Labute approximate surface area is 110 Å². The van der Waals surface area contributed by atoms with E-state index < -0.39 is 11.9 Å². The summed E-state index contributed by atoms with van der Waals surface area (Å²) in [6, 6.07) is 9.18. The van der Waals surface area contributed by atoms with Gasteiger partial charge in [-0.3, -0.25) is 19.3 Å². The molecule has 0 bridgehead atoms. The van der Waals surface area contributed by atoms with Crippen molar-refractivity contribution in [1.82, 2.24) is 4.90 Å². The molecular weight excluding hydrogens is 246 g/mol. The van der Waals surface area contributed by atoms with Gasteiger partial charge in [0, 0.05) is 13.0 Å². The van der Waals surface area contributed by atoms with Gasteiger partial charge < -0.3 is 5.11 Å². The number of piperidine rings is 1. The van der Waals surface area contributed by atoms with Crippen molar-refractivity contribution < 1.29 is 19.5 Å². The van der Waals surface area contributed by atoms with E-state index in [-0.39, 0.29) is 31.2 Å². The number of likely N-dealkylation sites (tertiary alicyclic amines) is 1. The van der Waals surface area contributed by atoms with Crippen molar-refractivity contribution in [2.45, 2.75) is 19.3 Å². The molecule has 0 aromatic heterocycles. The Balaban J connectivity index is 1.98. The van der Waals surface area contributed by atoms with E-state index in [1.807, 2.05) is 30.3 Å². The summed E-state index contributed by atoms with van der Waals surface area (Å²) in [6.45, 7) is 0.196. The zero-order valence-corrected chi connectivity index (χ0v) is 10.4. The molecule has 100 valence electrons. The Morgan fingerprint density at radius 3 is 2.53 bits per heavy atom. The molecule has 1 heterocycles. The van der Waals surface area contributed by atoms with E-state index in [0.29, 0.717) is 6.42 Å². The third-order valence-corrected chi connectivity index (χ3v) is 3.27. The van der Waals surface area contributed by atoms with Crippen LogP contribution in [0.4, 0.5) is 0 Å². The molecule has 0 spiro atoms. The summed E-state index contributed by atoms with van der Waals surface area (Å²) in [5.41, 5.74) is 0.848. The maximum atomic E-state index is 12.0. The predicted octanol–water partition coefficient (Wildman–Crippen LogP) is 1.08. The molecule has 2 rings (SSSR count). The van der Waals surface area contributed by atoms with Gasteiger partial charge >= 0.3 is 5.97 Å². The van der Waals surface area contributed by atoms with E-state index in [2.05, 4.69) is 0 Å². The normalized spacial score (nSPS) is 19.3. The Bertz CT molecular complexity index is 497. The van der Waals surface area contributed by atoms with E-state index in [1.54, 1.807) is 0 Å². The average molecular weight is 261 g/mol. The molecule has 2 amide bonds. The molecule has 1 saturated heterocycles. The fourth-order valence-electron chi connectivity index (χ4n) is 2.17. The third-order valence-electron chi connectivity index (χ3n) is 3.27. The summed E-state index contributed by atoms with van der Waals surface area (Å²) < 4.78 is 0. The van der Waals surface area contributed by atoms with Crippen LogP contribution in [0.3, 0.4) is 0 Å². The van der Waals surface area contributed by atoms with Crippen LogP contribution in [0.15, 0.2) is 30.3 Å². The number of hydrogen-bond acceptors (Lipinski definition) is 3. The third kappa shape index (κ3) is 3.19. The largest absolute Gasteiger partial charge is 0.481 e. The molecule has 5 heteroatoms. The Hall–Kier alpha value is -2.17. The maximum Gasteiger partial charge on any atom is 0.307 e. The van der Waals surface area contributed by atoms with E-state index in [9.17, 15) is 14.4 Å². The first-order valence-corrected chi connectivity index (χ1v) is 6.18. The standard InChI is InChI=1S/C14H15NO4/c16-12(8-10-4-2-1-3-5-10)15-7-6-11(14(18)19)9-13(15)17/h1-5,11H,6-9H2,(H,18,19). The lowest BCUT2D eigenvalue weighted by Gasteiger charge is -2.28. The zero-order chi connectivity index (χ0) is 13.8. The van der Waals surface area contributed by atoms with E-state index >= 15 is 0 Å². The molecule has 1 fully saturated rings. The van der Waals surface area contributed by atoms with Gasteiger partial charge in [0.15, 0.2) is 0 Å². The van der Waals surface area contributed by atoms with Crippen LogP contribution in [0.1, 0.15) is 18.4 Å². The summed E-state index contributed by atoms with van der Waals surface area (Å²) in [4.78, 5) is 35.8. The lowest BCUT2D eigenvalue weighted by Crippen LogP contribution is -2.45. The number of carboxylic acid groups (broad SMARTS) is 1. The molecule has 1 atom stereocenters. The van der Waals surface area contributed by atoms with Crippen LogP contribution < -0.4 is 0 Å². The minimum atomic E-state index is -0.969. The first kappa shape index (κ1) is 13.3. The maximum absolute atomic E-state index is 12.0. The van der Waals surface area contributed by atoms with Crippen LogP contribution in [-0.4, -0.2) is 34.3 Å². The van der Waals surface area contributed by atoms with Crippen molar-refractivity contribution >= 4 is 17.8 Å². The highest BCUT2D eigenvalue weighted by Crippen LogP contribution is 2.19. The Morgan fingerprint density at radius 2 is 1.95 bits per heavy atom. The zero-order valence-electron chi connectivity index (χ0n) is 10.4. The molecular formula is C14H15NO4. The number of hydrogen-bond donors (Lipinski definition) is 1. The van der Waals surface area contributed by atoms with E-state index in [4.69, 9.17) is 5.11 Å². The summed E-state index contributed by atoms with van der Waals surface area (Å²) in [6.07, 6.45) is 0.418. The second-order valence-electron chi connectivity index (χ2n) is 4.63. The minimum Gasteiger partial charge on any atom is -0.481 e. The Morgan fingerprint density at radius 1 is 1.26 bits per heavy atom. The molecule has 5 nitrogen and oxygen atoms in total. The highest BCUT2D eigenvalue weighted by molar-refractivity contribution is 5.98. The number of imide groups is 1. The number of carbonyl (C=O) groups is 3. The lowest BCUT2D eigenvalue weighted by atomic mass is 9.96. The smallest absolute Gasteiger partial charge is 0.307 e. The fraction of sp³-hybridized carbons (Fsp3) is 0.357. The highest BCUT2D eigenvalue weighted by Gasteiger charge is 2.33. The van der Waals surface area contributed by atoms with Crippen molar-refractivity contribution in [1.29, 1.82) is 0 Å². The van der Waals surface area contributed by atoms with Gasteiger partial charge in [-0.15, -0.1) is 0 Å². The number of amides is 2. The number of aliphatic carboxylic acids is 1. The molecule has 0 aliphatic carbocycles. The van der Waals surface area contributed by atoms with Gasteiger partial charge in [-0.2, -0.15) is 0 Å². The topological polar surface area (TPSA) is 74.7 Å². The van der Waals surface area contributed by atoms with Crippen molar-refractivity contribution in [2.24, 2.45) is 5.92 Å². The molecule has 1 aromatic rings. The minimum absolute atomic E-state index is 0.0874. The predicted molar refractivity (Wildman–Crippen MR) is 67.2 cm³/mol. The fourth-order valence-corrected chi connectivity index (χ4v) is 2.17. The first-order valence-electron chi connectivity index (χ1n) is 6.18. The van der Waals surface area contributed by atoms with E-state index in [1.165, 1.54) is 4.90 Å². The molecule has 1 aliphatic heterocycles. The van der Waals surface area contributed by atoms with Gasteiger partial charge in [0.05, 0.1) is 12.3 Å². The molecule has 0 saturated carbocycles. The molecule has 1 N–H and O–H groups in total. The number of nitrogens with zero attached hydrogens (tertiary/aromatic N) is 1. The number of rotatable bonds is 3. The first-order chi connectivity index (χ1) is 9.08. The van der Waals surface area contributed by atoms with Gasteiger partial charge in [0.25, 0.3) is 0 Å². The van der Waals surface area contributed by atoms with Gasteiger partial charge in [-0.25, -0.2) is 0 Å². The van der Waals surface area contributed by atoms with Crippen molar-refractivity contribution in [3.63, 3.8) is 0 Å². The molecule has 1 aromatic carbocycles. The number of carboxylic acids is 1. The van der Waals surface area contributed by atoms with E-state index in [0.717, 1.165) is 5.56 Å². The number of benzene rings is 1. The van der Waals surface area contributed by atoms with Crippen LogP contribution in [0.25, 0.3) is 0 Å². The van der Waals surface area contributed by atoms with Gasteiger partial charge in [0.2, 0.25) is 11.8 Å². The highest BCUT2D eigenvalue weighted by atomic mass is 16.4. The van der Waals surface area contributed by atoms with Crippen LogP contribution in [0.2, 0.25) is 0 Å². The Kier molecular flexibility index (Phi) is 3.94. The molecule has 1 aliphatic rings. The molecule has 0 radical (unpaired) electrons. The van der Waals surface area contributed by atoms with Crippen molar-refractivity contribution in [3.8, 4) is 0 Å². The summed E-state index contributed by atoms with van der Waals surface area (Å²) >= 11 is 0. The SMILES string of the molecule is O=C(O)C1CCN(C(=O)Cc2ccccc2)C(=O)C1. The summed E-state index contributed by atoms with van der Waals surface area (Å²) in [5, 5.41) is 8.86. The van der Waals surface area contributed by atoms with Gasteiger partial charge in [-0.05, 0) is 12.0 Å². The lowest BCUT2D eigenvalue weighted by molar-refractivity contribution is -0.154. The van der Waals surface area contributed by atoms with Crippen molar-refractivity contribution in [2.75, 3.05) is 6.54 Å². The second kappa shape index (κ2) is 5.65. The monoisotopic (exact) mass is 261 g/mol. The van der Waals surface area contributed by atoms with Crippen LogP contribution in [-0.2, 0) is 20.8 Å². The second-order valence-corrected chi connectivity index (χ2v) is 4.63. The van der Waals surface area contributed by atoms with Crippen LogP contribution >= 0.6 is 0 Å². The average Bonchev–Trinajstić information content (AvgIpc) is 2.39. The quantitative estimate of drug-likeness (QED) is 0.883. The number of carbonyl (C=O) groups excluding carboxylic acids is 2. The van der Waals surface area contributed by atoms with Crippen LogP contribution in [0, 0.1) is 5.92 Å². The molecule has 1 unspecified atom stereocenters. The van der Waals surface area contributed by atoms with Gasteiger partial charge in [0.1, 0.15) is 0 Å². The van der Waals surface area contributed by atoms with Crippen LogP contribution in [0.5, 0.6) is 0 Å². The summed E-state index contributed by atoms with van der Waals surface area (Å²) in [5.74, 6) is -2.28. The van der Waals surface area contributed by atoms with Crippen molar-refractivity contribution in [3.05, 3.63) is 35.9 Å². The molecule has 19 heavy (non-hydrogen) atoms. The van der Waals surface area contributed by atoms with Gasteiger partial charge in [-0.1, -0.05) is 30.3 Å².